The molecule has 10 nitrogen and oxygen atoms in total. The summed E-state index contributed by atoms with van der Waals surface area (Å²) < 4.78 is 12.2. The first-order valence-corrected chi connectivity index (χ1v) is 17.8. The van der Waals surface area contributed by atoms with E-state index in [1.54, 1.807) is 20.8 Å². The number of benzene rings is 3. The third-order valence-corrected chi connectivity index (χ3v) is 9.29. The second kappa shape index (κ2) is 15.3. The van der Waals surface area contributed by atoms with Crippen molar-refractivity contribution in [1.82, 2.24) is 15.5 Å². The molecule has 3 aromatic rings. The van der Waals surface area contributed by atoms with Gasteiger partial charge < -0.3 is 25.2 Å². The van der Waals surface area contributed by atoms with Crippen molar-refractivity contribution >= 4 is 58.2 Å². The molecule has 3 aromatic carbocycles. The maximum Gasteiger partial charge on any atom is 0.408 e. The number of ether oxygens (including phenoxy) is 2. The number of fused-ring (bicyclic) bond motifs is 1. The van der Waals surface area contributed by atoms with Crippen LogP contribution in [0.1, 0.15) is 49.6 Å². The number of β-lactam (4-membered cyclic amide) rings is 1. The zero-order valence-corrected chi connectivity index (χ0v) is 29.6. The van der Waals surface area contributed by atoms with Crippen LogP contribution in [0.3, 0.4) is 0 Å². The molecule has 0 aliphatic carbocycles. The zero-order chi connectivity index (χ0) is 34.4. The van der Waals surface area contributed by atoms with E-state index in [4.69, 9.17) is 9.47 Å². The number of alkyl carbamates (subject to hydrolysis) is 1. The molecule has 2 aliphatic rings. The minimum atomic E-state index is -1.23. The summed E-state index contributed by atoms with van der Waals surface area (Å²) >= 11 is 3.62. The van der Waals surface area contributed by atoms with Gasteiger partial charge in [-0.05, 0) is 55.2 Å². The van der Waals surface area contributed by atoms with E-state index in [1.807, 2.05) is 72.8 Å². The Kier molecular flexibility index (Phi) is 11.2. The van der Waals surface area contributed by atoms with Crippen LogP contribution in [-0.2, 0) is 23.9 Å². The lowest BCUT2D eigenvalue weighted by Gasteiger charge is -2.49. The summed E-state index contributed by atoms with van der Waals surface area (Å²) in [6.45, 7) is 5.10. The number of carbonyl (C=O) groups is 4. The minimum Gasteiger partial charge on any atom is -0.508 e. The van der Waals surface area contributed by atoms with Crippen LogP contribution in [0.25, 0.3) is 0 Å². The average molecular weight is 782 g/mol. The summed E-state index contributed by atoms with van der Waals surface area (Å²) in [5, 5.41) is 14.6. The van der Waals surface area contributed by atoms with Gasteiger partial charge in [-0.1, -0.05) is 108 Å². The van der Waals surface area contributed by atoms with Gasteiger partial charge in [0.05, 0.1) is 0 Å². The predicted molar refractivity (Wildman–Crippen MR) is 191 cm³/mol. The van der Waals surface area contributed by atoms with Crippen LogP contribution in [0.15, 0.2) is 108 Å². The highest BCUT2D eigenvalue weighted by atomic mass is 127. The van der Waals surface area contributed by atoms with Crippen LogP contribution in [-0.4, -0.2) is 61.1 Å². The SMILES string of the molecule is CC(C)(C)OC(=O)NC(C(=O)N[C@@H]1C(=O)N2C(C(=O)OC(c3ccccc3)c3ccccc3)=C(/C=C/CI)CS[C@@H]12)c1ccc(O)cc1. The molecule has 1 fully saturated rings. The van der Waals surface area contributed by atoms with Gasteiger partial charge in [-0.2, -0.15) is 0 Å². The van der Waals surface area contributed by atoms with Gasteiger partial charge in [0, 0.05) is 10.2 Å². The third kappa shape index (κ3) is 8.21. The molecule has 0 aromatic heterocycles. The smallest absolute Gasteiger partial charge is 0.408 e. The number of carbonyl (C=O) groups excluding carboxylic acids is 4. The number of esters is 1. The number of aromatic hydroxyl groups is 1. The first kappa shape index (κ1) is 35.0. The topological polar surface area (TPSA) is 134 Å². The first-order valence-electron chi connectivity index (χ1n) is 15.3. The molecule has 2 aliphatic heterocycles. The van der Waals surface area contributed by atoms with E-state index < -0.39 is 53.0 Å². The van der Waals surface area contributed by atoms with E-state index in [0.29, 0.717) is 21.3 Å². The van der Waals surface area contributed by atoms with E-state index in [1.165, 1.54) is 40.9 Å². The molecule has 1 saturated heterocycles. The molecule has 12 heteroatoms. The monoisotopic (exact) mass is 781 g/mol. The van der Waals surface area contributed by atoms with E-state index in [0.717, 1.165) is 11.1 Å². The van der Waals surface area contributed by atoms with Crippen LogP contribution in [0.4, 0.5) is 4.79 Å². The molecule has 250 valence electrons. The van der Waals surface area contributed by atoms with E-state index in [9.17, 15) is 24.3 Å². The number of alkyl halides is 1. The van der Waals surface area contributed by atoms with Crippen molar-refractivity contribution in [2.75, 3.05) is 10.2 Å². The van der Waals surface area contributed by atoms with Crippen LogP contribution < -0.4 is 10.6 Å². The Morgan fingerprint density at radius 1 is 0.979 bits per heavy atom. The predicted octanol–water partition coefficient (Wildman–Crippen LogP) is 5.94. The molecule has 2 heterocycles. The van der Waals surface area contributed by atoms with Gasteiger partial charge in [0.2, 0.25) is 5.91 Å². The number of phenolic OH excluding ortho intramolecular Hbond substituents is 1. The second-order valence-corrected chi connectivity index (χ2v) is 14.1. The Hall–Kier alpha value is -4.30. The summed E-state index contributed by atoms with van der Waals surface area (Å²) in [6.07, 6.45) is 2.20. The van der Waals surface area contributed by atoms with Crippen molar-refractivity contribution in [1.29, 1.82) is 0 Å². The molecule has 0 saturated carbocycles. The highest BCUT2D eigenvalue weighted by Gasteiger charge is 2.55. The van der Waals surface area contributed by atoms with Crippen LogP contribution >= 0.6 is 34.4 Å². The molecule has 1 unspecified atom stereocenters. The molecule has 48 heavy (non-hydrogen) atoms. The maximum absolute atomic E-state index is 14.1. The molecule has 0 spiro atoms. The first-order chi connectivity index (χ1) is 23.0. The zero-order valence-electron chi connectivity index (χ0n) is 26.6. The van der Waals surface area contributed by atoms with Gasteiger partial charge in [-0.25, -0.2) is 9.59 Å². The number of hydrogen-bond acceptors (Lipinski definition) is 8. The molecule has 0 radical (unpaired) electrons. The lowest BCUT2D eigenvalue weighted by atomic mass is 9.99. The van der Waals surface area contributed by atoms with Crippen molar-refractivity contribution in [3.63, 3.8) is 0 Å². The lowest BCUT2D eigenvalue weighted by Crippen LogP contribution is -2.71. The summed E-state index contributed by atoms with van der Waals surface area (Å²) in [5.41, 5.74) is 1.89. The van der Waals surface area contributed by atoms with Crippen LogP contribution in [0.2, 0.25) is 0 Å². The molecule has 5 rings (SSSR count). The fourth-order valence-corrected chi connectivity index (χ4v) is 6.90. The van der Waals surface area contributed by atoms with Crippen molar-refractivity contribution < 1.29 is 33.8 Å². The van der Waals surface area contributed by atoms with Gasteiger partial charge in [-0.3, -0.25) is 14.5 Å². The average Bonchev–Trinajstić information content (AvgIpc) is 3.07. The Morgan fingerprint density at radius 3 is 2.15 bits per heavy atom. The van der Waals surface area contributed by atoms with Crippen LogP contribution in [0.5, 0.6) is 5.75 Å². The maximum atomic E-state index is 14.1. The summed E-state index contributed by atoms with van der Waals surface area (Å²) in [6, 6.07) is 22.4. The number of phenols is 1. The van der Waals surface area contributed by atoms with Crippen LogP contribution in [0, 0.1) is 0 Å². The highest BCUT2D eigenvalue weighted by molar-refractivity contribution is 14.1. The minimum absolute atomic E-state index is 0.0148. The quantitative estimate of drug-likeness (QED) is 0.0998. The third-order valence-electron chi connectivity index (χ3n) is 7.48. The number of thioether (sulfide) groups is 1. The largest absolute Gasteiger partial charge is 0.508 e. The molecule has 3 atom stereocenters. The van der Waals surface area contributed by atoms with E-state index >= 15 is 0 Å². The fourth-order valence-electron chi connectivity index (χ4n) is 5.32. The number of rotatable bonds is 10. The Morgan fingerprint density at radius 2 is 1.58 bits per heavy atom. The molecular formula is C36H36IN3O7S. The number of halogens is 1. The van der Waals surface area contributed by atoms with E-state index in [2.05, 4.69) is 33.2 Å². The van der Waals surface area contributed by atoms with Gasteiger partial charge in [0.25, 0.3) is 5.91 Å². The number of amides is 3. The Bertz CT molecular complexity index is 1670. The number of nitrogens with zero attached hydrogens (tertiary/aromatic N) is 1. The molecule has 3 N–H and O–H groups in total. The number of allylic oxidation sites excluding steroid dienone is 2. The van der Waals surface area contributed by atoms with Crippen molar-refractivity contribution in [2.45, 2.75) is 49.9 Å². The van der Waals surface area contributed by atoms with Gasteiger partial charge in [0.1, 0.15) is 34.5 Å². The number of nitrogens with one attached hydrogen (secondary N) is 2. The van der Waals surface area contributed by atoms with Gasteiger partial charge in [0.15, 0.2) is 6.10 Å². The Balaban J connectivity index is 1.39. The normalized spacial score (nSPS) is 18.2. The van der Waals surface area contributed by atoms with Gasteiger partial charge >= 0.3 is 12.1 Å². The Labute approximate surface area is 297 Å². The van der Waals surface area contributed by atoms with Crippen molar-refractivity contribution in [2.24, 2.45) is 0 Å². The molecule has 0 bridgehead atoms. The van der Waals surface area contributed by atoms with Gasteiger partial charge in [-0.15, -0.1) is 11.8 Å². The second-order valence-electron chi connectivity index (χ2n) is 12.1. The van der Waals surface area contributed by atoms with E-state index in [-0.39, 0.29) is 11.4 Å². The highest BCUT2D eigenvalue weighted by Crippen LogP contribution is 2.42. The summed E-state index contributed by atoms with van der Waals surface area (Å²) in [4.78, 5) is 55.6. The summed E-state index contributed by atoms with van der Waals surface area (Å²) in [5.74, 6) is -1.40. The molecule has 3 amide bonds. The summed E-state index contributed by atoms with van der Waals surface area (Å²) in [7, 11) is 0. The molecular weight excluding hydrogens is 745 g/mol. The van der Waals surface area contributed by atoms with Crippen molar-refractivity contribution in [3.8, 4) is 5.75 Å². The lowest BCUT2D eigenvalue weighted by molar-refractivity contribution is -0.154. The fraction of sp³-hybridized carbons (Fsp3) is 0.278. The van der Waals surface area contributed by atoms with Crippen molar-refractivity contribution in [3.05, 3.63) is 125 Å². The number of hydrogen-bond donors (Lipinski definition) is 3. The standard InChI is InChI=1S/C36H36IN3O7S/c1-36(2,3)47-35(45)39-27(22-16-18-26(41)19-17-22)31(42)38-28-32(43)40-29(25(15-10-20-37)21-48-33(28)40)34(44)46-30(23-11-6-4-7-12-23)24-13-8-5-9-14-24/h4-19,27-28,30,33,41H,20-21H2,1-3H3,(H,38,42)(H,39,45)/b15-10+/t27?,28-,33+/m1/s1.